The van der Waals surface area contributed by atoms with Gasteiger partial charge in [-0.25, -0.2) is 0 Å². The zero-order valence-electron chi connectivity index (χ0n) is 6.79. The second-order valence-corrected chi connectivity index (χ2v) is 2.32. The number of hydrogen-bond donors (Lipinski definition) is 1. The molecule has 0 aliphatic heterocycles. The smallest absolute Gasteiger partial charge is 0.163 e. The van der Waals surface area contributed by atoms with Crippen LogP contribution in [0.1, 0.15) is 12.5 Å². The van der Waals surface area contributed by atoms with Crippen LogP contribution in [-0.2, 0) is 6.42 Å². The van der Waals surface area contributed by atoms with E-state index < -0.39 is 0 Å². The molecule has 1 aromatic rings. The topological polar surface area (TPSA) is 29.5 Å². The van der Waals surface area contributed by atoms with Crippen LogP contribution in [0.5, 0.6) is 11.5 Å². The largest absolute Gasteiger partial charge is 0.504 e. The lowest BCUT2D eigenvalue weighted by Crippen LogP contribution is -1.89. The maximum absolute atomic E-state index is 9.30. The van der Waals surface area contributed by atoms with E-state index in [1.807, 2.05) is 19.1 Å². The first kappa shape index (κ1) is 7.92. The van der Waals surface area contributed by atoms with Gasteiger partial charge < -0.3 is 9.84 Å². The van der Waals surface area contributed by atoms with Crippen LogP contribution >= 0.6 is 0 Å². The van der Waals surface area contributed by atoms with Gasteiger partial charge in [-0.1, -0.05) is 19.1 Å². The van der Waals surface area contributed by atoms with E-state index in [9.17, 15) is 5.11 Å². The van der Waals surface area contributed by atoms with E-state index in [4.69, 9.17) is 4.74 Å². The van der Waals surface area contributed by atoms with E-state index in [0.717, 1.165) is 12.0 Å². The lowest BCUT2D eigenvalue weighted by Gasteiger charge is -2.07. The first-order valence-electron chi connectivity index (χ1n) is 3.64. The number of ether oxygens (including phenoxy) is 1. The monoisotopic (exact) mass is 152 g/mol. The predicted octanol–water partition coefficient (Wildman–Crippen LogP) is 1.96. The molecule has 0 saturated heterocycles. The molecule has 0 atom stereocenters. The van der Waals surface area contributed by atoms with E-state index in [2.05, 4.69) is 0 Å². The first-order valence-corrected chi connectivity index (χ1v) is 3.64. The molecule has 0 bridgehead atoms. The first-order chi connectivity index (χ1) is 5.29. The fraction of sp³-hybridized carbons (Fsp3) is 0.333. The molecule has 0 aliphatic carbocycles. The molecule has 1 aromatic carbocycles. The number of para-hydroxylation sites is 1. The molecule has 0 radical (unpaired) electrons. The minimum Gasteiger partial charge on any atom is -0.504 e. The minimum absolute atomic E-state index is 0.215. The van der Waals surface area contributed by atoms with Crippen molar-refractivity contribution in [2.45, 2.75) is 13.3 Å². The van der Waals surface area contributed by atoms with Crippen LogP contribution in [0, 0.1) is 0 Å². The van der Waals surface area contributed by atoms with Gasteiger partial charge in [-0.15, -0.1) is 0 Å². The van der Waals surface area contributed by atoms with Crippen molar-refractivity contribution in [2.75, 3.05) is 7.11 Å². The highest BCUT2D eigenvalue weighted by molar-refractivity contribution is 5.45. The third-order valence-corrected chi connectivity index (χ3v) is 1.66. The van der Waals surface area contributed by atoms with E-state index in [0.29, 0.717) is 5.75 Å². The van der Waals surface area contributed by atoms with Crippen LogP contribution < -0.4 is 4.74 Å². The number of rotatable bonds is 2. The van der Waals surface area contributed by atoms with E-state index >= 15 is 0 Å². The summed E-state index contributed by atoms with van der Waals surface area (Å²) in [6.07, 6.45) is 0.873. The van der Waals surface area contributed by atoms with Crippen molar-refractivity contribution in [3.8, 4) is 11.5 Å². The highest BCUT2D eigenvalue weighted by atomic mass is 16.5. The van der Waals surface area contributed by atoms with Crippen molar-refractivity contribution in [3.63, 3.8) is 0 Å². The lowest BCUT2D eigenvalue weighted by molar-refractivity contribution is 0.369. The maximum atomic E-state index is 9.30. The second kappa shape index (κ2) is 3.28. The predicted molar refractivity (Wildman–Crippen MR) is 44.0 cm³/mol. The van der Waals surface area contributed by atoms with Gasteiger partial charge in [0.15, 0.2) is 11.5 Å². The van der Waals surface area contributed by atoms with Crippen LogP contribution in [0.25, 0.3) is 0 Å². The molecule has 0 amide bonds. The summed E-state index contributed by atoms with van der Waals surface area (Å²) in [5.74, 6) is 0.807. The van der Waals surface area contributed by atoms with Gasteiger partial charge in [0, 0.05) is 0 Å². The Morgan fingerprint density at radius 2 is 2.18 bits per heavy atom. The van der Waals surface area contributed by atoms with Gasteiger partial charge in [0.05, 0.1) is 7.11 Å². The van der Waals surface area contributed by atoms with Crippen LogP contribution in [0.3, 0.4) is 0 Å². The summed E-state index contributed by atoms with van der Waals surface area (Å²) in [6.45, 7) is 2.03. The summed E-state index contributed by atoms with van der Waals surface area (Å²) in [4.78, 5) is 0. The molecular formula is C9H12O2. The van der Waals surface area contributed by atoms with Crippen molar-refractivity contribution in [3.05, 3.63) is 23.8 Å². The van der Waals surface area contributed by atoms with Gasteiger partial charge in [0.25, 0.3) is 0 Å². The molecule has 2 nitrogen and oxygen atoms in total. The quantitative estimate of drug-likeness (QED) is 0.702. The fourth-order valence-electron chi connectivity index (χ4n) is 1.09. The average Bonchev–Trinajstić information content (AvgIpc) is 2.04. The molecule has 2 heteroatoms. The Bertz CT molecular complexity index is 243. The lowest BCUT2D eigenvalue weighted by atomic mass is 10.1. The summed E-state index contributed by atoms with van der Waals surface area (Å²) in [5.41, 5.74) is 1.03. The zero-order valence-corrected chi connectivity index (χ0v) is 6.79. The standard InChI is InChI=1S/C9H12O2/c1-3-7-5-4-6-8(10)9(7)11-2/h4-6,10H,3H2,1-2H3. The molecule has 60 valence electrons. The van der Waals surface area contributed by atoms with Crippen LogP contribution in [0.15, 0.2) is 18.2 Å². The van der Waals surface area contributed by atoms with Crippen molar-refractivity contribution in [2.24, 2.45) is 0 Å². The van der Waals surface area contributed by atoms with Gasteiger partial charge in [-0.05, 0) is 18.1 Å². The molecule has 0 unspecified atom stereocenters. The number of benzene rings is 1. The van der Waals surface area contributed by atoms with Crippen molar-refractivity contribution >= 4 is 0 Å². The summed E-state index contributed by atoms with van der Waals surface area (Å²) in [7, 11) is 1.56. The number of aryl methyl sites for hydroxylation is 1. The summed E-state index contributed by atoms with van der Waals surface area (Å²) >= 11 is 0. The van der Waals surface area contributed by atoms with Gasteiger partial charge in [0.1, 0.15) is 0 Å². The maximum Gasteiger partial charge on any atom is 0.163 e. The average molecular weight is 152 g/mol. The molecule has 1 rings (SSSR count). The third-order valence-electron chi connectivity index (χ3n) is 1.66. The van der Waals surface area contributed by atoms with Crippen LogP contribution in [0.2, 0.25) is 0 Å². The number of aromatic hydroxyl groups is 1. The van der Waals surface area contributed by atoms with Crippen molar-refractivity contribution in [1.82, 2.24) is 0 Å². The number of hydrogen-bond acceptors (Lipinski definition) is 2. The summed E-state index contributed by atoms with van der Waals surface area (Å²) in [6, 6.07) is 5.38. The molecule has 0 fully saturated rings. The molecule has 0 spiro atoms. The Kier molecular flexibility index (Phi) is 2.36. The molecular weight excluding hydrogens is 140 g/mol. The highest BCUT2D eigenvalue weighted by Crippen LogP contribution is 2.29. The zero-order chi connectivity index (χ0) is 8.27. The Balaban J connectivity index is 3.13. The molecule has 0 aliphatic rings. The molecule has 0 heterocycles. The number of phenolic OH excluding ortho intramolecular Hbond substituents is 1. The van der Waals surface area contributed by atoms with Crippen LogP contribution in [-0.4, -0.2) is 12.2 Å². The van der Waals surface area contributed by atoms with E-state index in [1.165, 1.54) is 0 Å². The summed E-state index contributed by atoms with van der Waals surface area (Å²) < 4.78 is 5.02. The van der Waals surface area contributed by atoms with Gasteiger partial charge in [-0.3, -0.25) is 0 Å². The summed E-state index contributed by atoms with van der Waals surface area (Å²) in [5, 5.41) is 9.30. The van der Waals surface area contributed by atoms with Crippen LogP contribution in [0.4, 0.5) is 0 Å². The third kappa shape index (κ3) is 1.45. The van der Waals surface area contributed by atoms with E-state index in [-0.39, 0.29) is 5.75 Å². The van der Waals surface area contributed by atoms with Gasteiger partial charge in [-0.2, -0.15) is 0 Å². The fourth-order valence-corrected chi connectivity index (χ4v) is 1.09. The molecule has 0 aromatic heterocycles. The van der Waals surface area contributed by atoms with E-state index in [1.54, 1.807) is 13.2 Å². The normalized spacial score (nSPS) is 9.64. The number of methoxy groups -OCH3 is 1. The van der Waals surface area contributed by atoms with Crippen molar-refractivity contribution in [1.29, 1.82) is 0 Å². The van der Waals surface area contributed by atoms with Gasteiger partial charge >= 0.3 is 0 Å². The van der Waals surface area contributed by atoms with Gasteiger partial charge in [0.2, 0.25) is 0 Å². The Morgan fingerprint density at radius 3 is 2.64 bits per heavy atom. The molecule has 11 heavy (non-hydrogen) atoms. The second-order valence-electron chi connectivity index (χ2n) is 2.32. The minimum atomic E-state index is 0.215. The van der Waals surface area contributed by atoms with Crippen molar-refractivity contribution < 1.29 is 9.84 Å². The Morgan fingerprint density at radius 1 is 1.45 bits per heavy atom. The molecule has 1 N–H and O–H groups in total. The Labute approximate surface area is 66.4 Å². The number of phenols is 1. The highest BCUT2D eigenvalue weighted by Gasteiger charge is 2.04. The SMILES string of the molecule is CCc1cccc(O)c1OC. The Hall–Kier alpha value is -1.18. The molecule has 0 saturated carbocycles.